The highest BCUT2D eigenvalue weighted by atomic mass is 32.2. The van der Waals surface area contributed by atoms with Crippen molar-refractivity contribution < 1.29 is 31.9 Å². The van der Waals surface area contributed by atoms with Crippen molar-refractivity contribution in [1.82, 2.24) is 23.7 Å². The lowest BCUT2D eigenvalue weighted by Crippen LogP contribution is -2.22. The maximum Gasteiger partial charge on any atom is 0.265 e. The zero-order valence-corrected chi connectivity index (χ0v) is 41.2. The second-order valence-corrected chi connectivity index (χ2v) is 18.4. The lowest BCUT2D eigenvalue weighted by atomic mass is 10.2. The monoisotopic (exact) mass is 987 g/mol. The average molecular weight is 988 g/mol. The molecule has 0 amide bonds. The predicted octanol–water partition coefficient (Wildman–Crippen LogP) is 11.1. The highest BCUT2D eigenvalue weighted by Gasteiger charge is 2.21. The van der Waals surface area contributed by atoms with E-state index in [1.54, 1.807) is 40.6 Å². The summed E-state index contributed by atoms with van der Waals surface area (Å²) in [5, 5.41) is 28.2. The number of hydrogen-bond acceptors (Lipinski definition) is 22. The van der Waals surface area contributed by atoms with Gasteiger partial charge in [-0.15, -0.1) is 20.5 Å². The summed E-state index contributed by atoms with van der Waals surface area (Å²) in [4.78, 5) is 18.4. The fraction of sp³-hybridized carbons (Fsp3) is 0.326. The van der Waals surface area contributed by atoms with Crippen molar-refractivity contribution in [3.8, 4) is 23.0 Å². The zero-order chi connectivity index (χ0) is 47.7. The van der Waals surface area contributed by atoms with Gasteiger partial charge in [-0.2, -0.15) is 32.1 Å². The van der Waals surface area contributed by atoms with Gasteiger partial charge in [0.2, 0.25) is 11.9 Å². The first-order valence-corrected chi connectivity index (χ1v) is 25.1. The van der Waals surface area contributed by atoms with Gasteiger partial charge >= 0.3 is 0 Å². The van der Waals surface area contributed by atoms with Crippen LogP contribution in [0.25, 0.3) is 21.8 Å². The standard InChI is InChI=1S/C43H49N13O7S4/c1-9-55(10-2)35-21-31(33(23-37(35)62-7)49-51-39-27-19-25(60-5)13-15-29(27)53-65-39)44-41-46-42(48-43(47-41)64-17-18-67(57,58)59)45-32-22-36(56(11-3)12-4)38(63-8)24-34(32)50-52-40-28-20-26(61-6)14-16-30(28)54-66-40/h13-16,19-24H,9-12,17-18H2,1-8H3,(H,57,58,59)(H2,44,45,46,47,48). The molecule has 0 aliphatic carbocycles. The van der Waals surface area contributed by atoms with Gasteiger partial charge in [0, 0.05) is 54.8 Å². The normalized spacial score (nSPS) is 11.8. The quantitative estimate of drug-likeness (QED) is 0.0325. The Morgan fingerprint density at radius 3 is 1.46 bits per heavy atom. The first-order valence-electron chi connectivity index (χ1n) is 20.9. The van der Waals surface area contributed by atoms with E-state index in [4.69, 9.17) is 34.2 Å². The van der Waals surface area contributed by atoms with E-state index in [0.29, 0.717) is 81.9 Å². The predicted molar refractivity (Wildman–Crippen MR) is 267 cm³/mol. The molecule has 7 rings (SSSR count). The number of hydrogen-bond donors (Lipinski definition) is 3. The second-order valence-electron chi connectivity index (χ2n) is 14.2. The fourth-order valence-corrected chi connectivity index (χ4v) is 9.88. The molecule has 0 aliphatic heterocycles. The molecule has 24 heteroatoms. The van der Waals surface area contributed by atoms with Crippen molar-refractivity contribution in [2.75, 3.05) is 86.6 Å². The molecule has 7 aromatic rings. The maximum absolute atomic E-state index is 11.8. The summed E-state index contributed by atoms with van der Waals surface area (Å²) >= 11 is 3.42. The Morgan fingerprint density at radius 2 is 1.07 bits per heavy atom. The fourth-order valence-electron chi connectivity index (χ4n) is 6.85. The van der Waals surface area contributed by atoms with E-state index in [-0.39, 0.29) is 22.8 Å². The van der Waals surface area contributed by atoms with Crippen LogP contribution in [0.4, 0.5) is 56.0 Å². The number of methoxy groups -OCH3 is 4. The molecule has 3 N–H and O–H groups in total. The molecule has 0 aliphatic rings. The molecule has 0 bridgehead atoms. The van der Waals surface area contributed by atoms with Gasteiger partial charge in [0.05, 0.1) is 68.0 Å². The minimum Gasteiger partial charge on any atom is -0.497 e. The van der Waals surface area contributed by atoms with Crippen molar-refractivity contribution in [2.45, 2.75) is 32.9 Å². The summed E-state index contributed by atoms with van der Waals surface area (Å²) in [6.45, 7) is 10.9. The molecule has 352 valence electrons. The number of aromatic nitrogens is 5. The van der Waals surface area contributed by atoms with Gasteiger partial charge < -0.3 is 39.4 Å². The number of benzene rings is 4. The molecular formula is C43H49N13O7S4. The summed E-state index contributed by atoms with van der Waals surface area (Å²) in [6, 6.07) is 18.4. The minimum atomic E-state index is -4.28. The van der Waals surface area contributed by atoms with Gasteiger partial charge in [-0.05, 0) is 99.3 Å². The van der Waals surface area contributed by atoms with Crippen LogP contribution in [0.2, 0.25) is 0 Å². The van der Waals surface area contributed by atoms with Crippen LogP contribution in [0.1, 0.15) is 27.7 Å². The van der Waals surface area contributed by atoms with Crippen molar-refractivity contribution >= 4 is 123 Å². The van der Waals surface area contributed by atoms with Crippen LogP contribution < -0.4 is 39.4 Å². The van der Waals surface area contributed by atoms with E-state index in [9.17, 15) is 13.0 Å². The molecule has 67 heavy (non-hydrogen) atoms. The molecule has 3 heterocycles. The van der Waals surface area contributed by atoms with Crippen LogP contribution in [-0.2, 0) is 10.1 Å². The Bertz CT molecular complexity index is 2850. The first kappa shape index (κ1) is 48.5. The molecule has 0 atom stereocenters. The molecule has 0 unspecified atom stereocenters. The van der Waals surface area contributed by atoms with Crippen molar-refractivity contribution in [3.05, 3.63) is 60.7 Å². The van der Waals surface area contributed by atoms with E-state index in [2.05, 4.69) is 49.4 Å². The third-order valence-corrected chi connectivity index (χ3v) is 13.7. The van der Waals surface area contributed by atoms with Gasteiger partial charge in [-0.1, -0.05) is 11.8 Å². The van der Waals surface area contributed by atoms with Crippen LogP contribution in [0, 0.1) is 0 Å². The van der Waals surface area contributed by atoms with Gasteiger partial charge in [0.15, 0.2) is 15.2 Å². The third kappa shape index (κ3) is 11.6. The molecule has 3 aromatic heterocycles. The lowest BCUT2D eigenvalue weighted by Gasteiger charge is -2.25. The summed E-state index contributed by atoms with van der Waals surface area (Å²) in [5.41, 5.74) is 4.79. The second kappa shape index (κ2) is 21.9. The summed E-state index contributed by atoms with van der Waals surface area (Å²) in [6.07, 6.45) is 0. The molecule has 4 aromatic carbocycles. The Balaban J connectivity index is 1.34. The molecule has 0 saturated heterocycles. The van der Waals surface area contributed by atoms with Crippen LogP contribution in [0.15, 0.2) is 86.3 Å². The summed E-state index contributed by atoms with van der Waals surface area (Å²) < 4.78 is 64.8. The summed E-state index contributed by atoms with van der Waals surface area (Å²) in [5.74, 6) is 2.02. The summed E-state index contributed by atoms with van der Waals surface area (Å²) in [7, 11) is 2.09. The van der Waals surface area contributed by atoms with Crippen molar-refractivity contribution in [3.63, 3.8) is 0 Å². The SMILES string of the molecule is CCN(CC)c1cc(Nc2nc(Nc3cc(N(CC)CC)c(OC)cc3N=Nc3snc4ccc(OC)cc34)nc(SCCS(=O)(=O)O)n2)c(N=Nc2snc3ccc(OC)cc23)cc1OC. The highest BCUT2D eigenvalue weighted by Crippen LogP contribution is 2.44. The molecule has 0 radical (unpaired) electrons. The third-order valence-electron chi connectivity index (χ3n) is 10.3. The van der Waals surface area contributed by atoms with E-state index >= 15 is 0 Å². The minimum absolute atomic E-state index is 0.0505. The highest BCUT2D eigenvalue weighted by molar-refractivity contribution is 8.00. The number of nitrogens with zero attached hydrogens (tertiary/aromatic N) is 11. The van der Waals surface area contributed by atoms with Crippen LogP contribution in [0.5, 0.6) is 23.0 Å². The molecule has 0 fully saturated rings. The van der Waals surface area contributed by atoms with Gasteiger partial charge in [-0.3, -0.25) is 4.55 Å². The van der Waals surface area contributed by atoms with Gasteiger partial charge in [-0.25, -0.2) is 0 Å². The van der Waals surface area contributed by atoms with Crippen LogP contribution in [0.3, 0.4) is 0 Å². The topological polar surface area (TPSA) is 236 Å². The number of anilines is 6. The largest absolute Gasteiger partial charge is 0.497 e. The Kier molecular flexibility index (Phi) is 15.8. The van der Waals surface area contributed by atoms with Gasteiger partial charge in [0.1, 0.15) is 34.4 Å². The molecule has 0 spiro atoms. The van der Waals surface area contributed by atoms with E-state index in [0.717, 1.165) is 44.9 Å². The average Bonchev–Trinajstić information content (AvgIpc) is 3.94. The van der Waals surface area contributed by atoms with E-state index in [1.165, 1.54) is 23.1 Å². The smallest absolute Gasteiger partial charge is 0.265 e. The zero-order valence-electron chi connectivity index (χ0n) is 38.0. The number of thioether (sulfide) groups is 1. The molecule has 0 saturated carbocycles. The molecule has 20 nitrogen and oxygen atoms in total. The van der Waals surface area contributed by atoms with Crippen LogP contribution in [-0.4, -0.2) is 103 Å². The van der Waals surface area contributed by atoms with Gasteiger partial charge in [0.25, 0.3) is 10.1 Å². The van der Waals surface area contributed by atoms with E-state index in [1.807, 2.05) is 76.2 Å². The van der Waals surface area contributed by atoms with Crippen LogP contribution >= 0.6 is 34.8 Å². The molecular weight excluding hydrogens is 939 g/mol. The number of azo groups is 2. The number of fused-ring (bicyclic) bond motifs is 2. The Labute approximate surface area is 400 Å². The Morgan fingerprint density at radius 1 is 0.627 bits per heavy atom. The number of nitrogens with one attached hydrogen (secondary N) is 2. The van der Waals surface area contributed by atoms with Crippen molar-refractivity contribution in [2.24, 2.45) is 20.5 Å². The first-order chi connectivity index (χ1) is 32.4. The maximum atomic E-state index is 11.8. The van der Waals surface area contributed by atoms with E-state index < -0.39 is 15.9 Å². The lowest BCUT2D eigenvalue weighted by molar-refractivity contribution is 0.414. The van der Waals surface area contributed by atoms with Crippen molar-refractivity contribution in [1.29, 1.82) is 0 Å². The number of ether oxygens (including phenoxy) is 4. The number of rotatable bonds is 22. The Hall–Kier alpha value is -6.47.